The van der Waals surface area contributed by atoms with E-state index in [-0.39, 0.29) is 41.7 Å². The molecule has 264 valence electrons. The highest BCUT2D eigenvalue weighted by molar-refractivity contribution is 7.81. The monoisotopic (exact) mass is 674 g/mol. The Balaban J connectivity index is 1.54. The maximum absolute atomic E-state index is 13.1. The third kappa shape index (κ3) is 5.14. The average molecular weight is 675 g/mol. The number of ether oxygens (including phenoxy) is 2. The molecule has 0 aromatic carbocycles. The fraction of sp³-hybridized carbons (Fsp3) is 0.789. The first-order valence-corrected chi connectivity index (χ1v) is 18.1. The number of rotatable bonds is 6. The Bertz CT molecular complexity index is 1360. The zero-order chi connectivity index (χ0) is 34.9. The minimum Gasteiger partial charge on any atom is -0.462 e. The van der Waals surface area contributed by atoms with Gasteiger partial charge in [-0.05, 0) is 102 Å². The second-order valence-electron chi connectivity index (χ2n) is 16.5. The van der Waals surface area contributed by atoms with E-state index < -0.39 is 58.0 Å². The molecule has 9 heteroatoms. The first-order chi connectivity index (χ1) is 21.9. The number of esters is 2. The number of hydrogen-bond donors (Lipinski definition) is 5. The number of carbonyl (C=O) groups is 2. The molecule has 4 saturated carbocycles. The van der Waals surface area contributed by atoms with Gasteiger partial charge in [-0.3, -0.25) is 0 Å². The van der Waals surface area contributed by atoms with Gasteiger partial charge in [-0.15, -0.1) is 0 Å². The molecule has 0 bridgehead atoms. The highest BCUT2D eigenvalue weighted by Crippen LogP contribution is 2.74. The van der Waals surface area contributed by atoms with Gasteiger partial charge in [-0.25, -0.2) is 9.59 Å². The van der Waals surface area contributed by atoms with Gasteiger partial charge in [0.25, 0.3) is 0 Å². The van der Waals surface area contributed by atoms with E-state index in [1.54, 1.807) is 32.9 Å². The van der Waals surface area contributed by atoms with E-state index in [1.165, 1.54) is 0 Å². The van der Waals surface area contributed by atoms with Gasteiger partial charge in [-0.2, -0.15) is 12.6 Å². The van der Waals surface area contributed by atoms with Crippen LogP contribution in [0.2, 0.25) is 0 Å². The number of thiol groups is 1. The first kappa shape index (κ1) is 36.6. The number of carbonyl (C=O) groups excluding carboxylic acids is 2. The number of aliphatic hydroxyl groups is 4. The summed E-state index contributed by atoms with van der Waals surface area (Å²) >= 11 is 5.66. The van der Waals surface area contributed by atoms with Crippen LogP contribution in [0.5, 0.6) is 0 Å². The van der Waals surface area contributed by atoms with E-state index in [1.807, 2.05) is 13.8 Å². The van der Waals surface area contributed by atoms with Crippen molar-refractivity contribution in [1.29, 1.82) is 0 Å². The molecule has 3 unspecified atom stereocenters. The fourth-order valence-corrected chi connectivity index (χ4v) is 11.9. The van der Waals surface area contributed by atoms with Crippen LogP contribution < -0.4 is 0 Å². The molecule has 5 rings (SSSR count). The number of aliphatic hydroxyl groups excluding tert-OH is 4. The molecule has 5 aliphatic carbocycles. The molecule has 4 fully saturated rings. The summed E-state index contributed by atoms with van der Waals surface area (Å²) in [6.07, 6.45) is 6.54. The standard InChI is InChI=1S/C38H58O8S/c1-9-21(3)32(43)45-20-35(7)26-13-16-38(47)27(34(26,6)15-14-28(35)40)12-11-24-25-17-23(5)30(42)31(46-33(44)22(4)10-2)37(25,19-39)29(41)18-36(24,38)8/h9-11,23,25-31,39-42,47H,12-20H2,1-8H3/b21-9+,22-10+/t23-,25?,26?,27?,28+,29-,30-,31+,34+,35-,36-,37+,38+/m1/s1. The molecule has 0 spiro atoms. The normalized spacial score (nSPS) is 48.2. The summed E-state index contributed by atoms with van der Waals surface area (Å²) in [5, 5.41) is 46.2. The van der Waals surface area contributed by atoms with Gasteiger partial charge in [0.15, 0.2) is 0 Å². The summed E-state index contributed by atoms with van der Waals surface area (Å²) in [7, 11) is 0. The third-order valence-corrected chi connectivity index (χ3v) is 15.5. The van der Waals surface area contributed by atoms with Crippen molar-refractivity contribution in [1.82, 2.24) is 0 Å². The minimum atomic E-state index is -1.25. The number of fused-ring (bicyclic) bond motifs is 7. The molecule has 5 aliphatic rings. The van der Waals surface area contributed by atoms with Crippen molar-refractivity contribution in [3.05, 3.63) is 34.9 Å². The van der Waals surface area contributed by atoms with Crippen molar-refractivity contribution in [2.24, 2.45) is 45.3 Å². The van der Waals surface area contributed by atoms with Crippen molar-refractivity contribution < 1.29 is 39.5 Å². The largest absolute Gasteiger partial charge is 0.462 e. The Morgan fingerprint density at radius 1 is 0.979 bits per heavy atom. The molecule has 0 radical (unpaired) electrons. The molecule has 0 amide bonds. The highest BCUT2D eigenvalue weighted by atomic mass is 32.1. The van der Waals surface area contributed by atoms with E-state index in [9.17, 15) is 30.0 Å². The second kappa shape index (κ2) is 12.6. The van der Waals surface area contributed by atoms with Crippen LogP contribution in [0.3, 0.4) is 0 Å². The van der Waals surface area contributed by atoms with Crippen LogP contribution in [0.1, 0.15) is 100 Å². The summed E-state index contributed by atoms with van der Waals surface area (Å²) in [4.78, 5) is 25.7. The molecule has 0 aromatic heterocycles. The van der Waals surface area contributed by atoms with Gasteiger partial charge in [0, 0.05) is 26.7 Å². The van der Waals surface area contributed by atoms with Gasteiger partial charge in [0.05, 0.1) is 36.9 Å². The lowest BCUT2D eigenvalue weighted by Gasteiger charge is -2.71. The molecular formula is C38H58O8S. The predicted octanol–water partition coefficient (Wildman–Crippen LogP) is 5.33. The Morgan fingerprint density at radius 3 is 2.23 bits per heavy atom. The predicted molar refractivity (Wildman–Crippen MR) is 183 cm³/mol. The zero-order valence-electron chi connectivity index (χ0n) is 29.6. The fourth-order valence-electron chi connectivity index (χ4n) is 11.2. The van der Waals surface area contributed by atoms with Crippen LogP contribution in [-0.2, 0) is 19.1 Å². The highest BCUT2D eigenvalue weighted by Gasteiger charge is 2.72. The van der Waals surface area contributed by atoms with Crippen molar-refractivity contribution in [2.45, 2.75) is 129 Å². The maximum atomic E-state index is 13.1. The number of allylic oxidation sites excluding steroid dienone is 4. The molecule has 0 saturated heterocycles. The molecular weight excluding hydrogens is 616 g/mol. The zero-order valence-corrected chi connectivity index (χ0v) is 30.5. The first-order valence-electron chi connectivity index (χ1n) is 17.6. The Morgan fingerprint density at radius 2 is 1.62 bits per heavy atom. The second-order valence-corrected chi connectivity index (χ2v) is 17.3. The lowest BCUT2D eigenvalue weighted by molar-refractivity contribution is -0.238. The summed E-state index contributed by atoms with van der Waals surface area (Å²) in [6.45, 7) is 15.2. The minimum absolute atomic E-state index is 0.0924. The van der Waals surface area contributed by atoms with Gasteiger partial charge >= 0.3 is 11.9 Å². The van der Waals surface area contributed by atoms with Crippen LogP contribution in [0.25, 0.3) is 0 Å². The van der Waals surface area contributed by atoms with Crippen molar-refractivity contribution in [3.8, 4) is 0 Å². The van der Waals surface area contributed by atoms with Crippen LogP contribution >= 0.6 is 12.6 Å². The summed E-state index contributed by atoms with van der Waals surface area (Å²) in [5.74, 6) is -1.24. The van der Waals surface area contributed by atoms with Crippen molar-refractivity contribution in [3.63, 3.8) is 0 Å². The molecule has 0 aliphatic heterocycles. The third-order valence-electron chi connectivity index (χ3n) is 14.5. The van der Waals surface area contributed by atoms with E-state index in [0.29, 0.717) is 30.4 Å². The summed E-state index contributed by atoms with van der Waals surface area (Å²) < 4.78 is 11.3. The molecule has 13 atom stereocenters. The maximum Gasteiger partial charge on any atom is 0.333 e. The summed E-state index contributed by atoms with van der Waals surface area (Å²) in [6, 6.07) is 0. The Labute approximate surface area is 286 Å². The molecule has 8 nitrogen and oxygen atoms in total. The van der Waals surface area contributed by atoms with Crippen molar-refractivity contribution in [2.75, 3.05) is 13.2 Å². The number of hydrogen-bond acceptors (Lipinski definition) is 9. The Hall–Kier alpha value is -1.65. The van der Waals surface area contributed by atoms with Gasteiger partial charge in [-0.1, -0.05) is 51.5 Å². The lowest BCUT2D eigenvalue weighted by atomic mass is 9.37. The van der Waals surface area contributed by atoms with Gasteiger partial charge in [0.2, 0.25) is 0 Å². The molecule has 47 heavy (non-hydrogen) atoms. The Kier molecular flexibility index (Phi) is 9.81. The van der Waals surface area contributed by atoms with Gasteiger partial charge in [0.1, 0.15) is 6.10 Å². The van der Waals surface area contributed by atoms with E-state index in [2.05, 4.69) is 26.8 Å². The molecule has 4 N–H and O–H groups in total. The lowest BCUT2D eigenvalue weighted by Crippen LogP contribution is -2.72. The van der Waals surface area contributed by atoms with E-state index in [4.69, 9.17) is 22.1 Å². The quantitative estimate of drug-likeness (QED) is 0.111. The van der Waals surface area contributed by atoms with E-state index >= 15 is 0 Å². The topological polar surface area (TPSA) is 134 Å². The average Bonchev–Trinajstić information content (AvgIpc) is 3.03. The van der Waals surface area contributed by atoms with Crippen LogP contribution in [0.4, 0.5) is 0 Å². The SMILES string of the molecule is C/C=C(\C)C(=O)OC[C@]1(C)C2CC[C@]3(S)C(CC=C4C5C[C@@H](C)[C@@H](O)[C@H](OC(=O)/C(C)=C/C)[C@]5(CO)[C@H](O)C[C@]43C)[C@@]2(C)CC[C@@H]1O. The molecule has 0 aromatic rings. The van der Waals surface area contributed by atoms with Crippen LogP contribution in [0.15, 0.2) is 34.9 Å². The van der Waals surface area contributed by atoms with Gasteiger partial charge < -0.3 is 29.9 Å². The smallest absolute Gasteiger partial charge is 0.333 e. The van der Waals surface area contributed by atoms with Crippen LogP contribution in [-0.4, -0.2) is 74.7 Å². The summed E-state index contributed by atoms with van der Waals surface area (Å²) in [5.41, 5.74) is -0.519. The molecule has 0 heterocycles. The van der Waals surface area contributed by atoms with Crippen LogP contribution in [0, 0.1) is 45.3 Å². The van der Waals surface area contributed by atoms with Crippen molar-refractivity contribution >= 4 is 24.6 Å². The van der Waals surface area contributed by atoms with E-state index in [0.717, 1.165) is 31.3 Å².